The van der Waals surface area contributed by atoms with Crippen molar-refractivity contribution in [3.8, 4) is 0 Å². The Kier molecular flexibility index (Phi) is 6.36. The minimum atomic E-state index is -0.365. The third-order valence-electron chi connectivity index (χ3n) is 5.14. The van der Waals surface area contributed by atoms with Gasteiger partial charge in [-0.1, -0.05) is 6.08 Å². The van der Waals surface area contributed by atoms with Crippen LogP contribution in [0.2, 0.25) is 0 Å². The topological polar surface area (TPSA) is 65.2 Å². The van der Waals surface area contributed by atoms with E-state index in [2.05, 4.69) is 10.3 Å². The predicted octanol–water partition coefficient (Wildman–Crippen LogP) is 4.43. The number of benzene rings is 2. The number of hydrogen-bond acceptors (Lipinski definition) is 3. The number of hydrogen-bond donors (Lipinski definition) is 2. The second kappa shape index (κ2) is 9.34. The van der Waals surface area contributed by atoms with Crippen LogP contribution in [0.1, 0.15) is 12.0 Å². The fraction of sp³-hybridized carbons (Fsp3) is 0.217. The second-order valence-electron chi connectivity index (χ2n) is 7.26. The second-order valence-corrected chi connectivity index (χ2v) is 8.24. The highest BCUT2D eigenvalue weighted by Gasteiger charge is 2.19. The average Bonchev–Trinajstić information content (AvgIpc) is 3.18. The largest absolute Gasteiger partial charge is 0.360 e. The minimum absolute atomic E-state index is 0.0177. The summed E-state index contributed by atoms with van der Waals surface area (Å²) in [4.78, 5) is 29.3. The number of nitrogens with zero attached hydrogens (tertiary/aromatic N) is 1. The molecular weight excluding hydrogens is 420 g/mol. The molecule has 0 atom stereocenters. The van der Waals surface area contributed by atoms with Gasteiger partial charge in [0.15, 0.2) is 0 Å². The number of anilines is 1. The third-order valence-corrected chi connectivity index (χ3v) is 6.06. The number of carbonyl (C=O) groups is 2. The van der Waals surface area contributed by atoms with Crippen molar-refractivity contribution in [1.82, 2.24) is 9.88 Å². The highest BCUT2D eigenvalue weighted by molar-refractivity contribution is 8.00. The zero-order chi connectivity index (χ0) is 21.8. The molecule has 1 aliphatic rings. The Labute approximate surface area is 182 Å². The van der Waals surface area contributed by atoms with E-state index < -0.39 is 0 Å². The van der Waals surface area contributed by atoms with Crippen LogP contribution in [-0.4, -0.2) is 46.3 Å². The molecule has 1 aliphatic heterocycles. The van der Waals surface area contributed by atoms with Gasteiger partial charge in [0.2, 0.25) is 11.8 Å². The molecule has 0 fully saturated rings. The molecule has 4 rings (SSSR count). The van der Waals surface area contributed by atoms with Crippen LogP contribution < -0.4 is 5.32 Å². The zero-order valence-corrected chi connectivity index (χ0v) is 17.5. The number of fused-ring (bicyclic) bond motifs is 1. The Hall–Kier alpha value is -3.13. The Morgan fingerprint density at radius 2 is 1.84 bits per heavy atom. The maximum atomic E-state index is 13.4. The lowest BCUT2D eigenvalue weighted by Crippen LogP contribution is -2.36. The van der Waals surface area contributed by atoms with Crippen molar-refractivity contribution in [2.24, 2.45) is 0 Å². The maximum Gasteiger partial charge on any atom is 0.234 e. The lowest BCUT2D eigenvalue weighted by atomic mass is 9.99. The molecule has 3 aromatic rings. The van der Waals surface area contributed by atoms with E-state index in [0.29, 0.717) is 25.2 Å². The number of H-pyrrole nitrogens is 1. The minimum Gasteiger partial charge on any atom is -0.360 e. The van der Waals surface area contributed by atoms with Crippen LogP contribution in [0.4, 0.5) is 14.5 Å². The molecular formula is C23H21F2N3O2S. The molecule has 8 heteroatoms. The summed E-state index contributed by atoms with van der Waals surface area (Å²) in [5.41, 5.74) is 3.44. The van der Waals surface area contributed by atoms with Gasteiger partial charge in [0, 0.05) is 41.4 Å². The van der Waals surface area contributed by atoms with Crippen LogP contribution in [0.5, 0.6) is 0 Å². The van der Waals surface area contributed by atoms with Crippen LogP contribution >= 0.6 is 11.8 Å². The SMILES string of the molecule is O=C(CSCC(=O)N1CC=C(c2c[nH]c3cc(F)ccc23)CC1)Nc1ccc(F)cc1. The van der Waals surface area contributed by atoms with Crippen molar-refractivity contribution < 1.29 is 18.4 Å². The summed E-state index contributed by atoms with van der Waals surface area (Å²) in [5, 5.41) is 3.64. The van der Waals surface area contributed by atoms with E-state index >= 15 is 0 Å². The van der Waals surface area contributed by atoms with E-state index in [1.54, 1.807) is 11.0 Å². The highest BCUT2D eigenvalue weighted by Crippen LogP contribution is 2.29. The summed E-state index contributed by atoms with van der Waals surface area (Å²) < 4.78 is 26.3. The van der Waals surface area contributed by atoms with Gasteiger partial charge in [-0.15, -0.1) is 11.8 Å². The molecule has 0 radical (unpaired) electrons. The summed E-state index contributed by atoms with van der Waals surface area (Å²) in [6.07, 6.45) is 4.62. The van der Waals surface area contributed by atoms with Gasteiger partial charge in [-0.3, -0.25) is 9.59 Å². The Morgan fingerprint density at radius 3 is 2.58 bits per heavy atom. The van der Waals surface area contributed by atoms with Crippen molar-refractivity contribution in [2.75, 3.05) is 29.9 Å². The lowest BCUT2D eigenvalue weighted by molar-refractivity contribution is -0.127. The van der Waals surface area contributed by atoms with Gasteiger partial charge in [-0.2, -0.15) is 0 Å². The van der Waals surface area contributed by atoms with Crippen LogP contribution in [-0.2, 0) is 9.59 Å². The number of halogens is 2. The van der Waals surface area contributed by atoms with Crippen molar-refractivity contribution >= 4 is 45.7 Å². The Balaban J connectivity index is 1.26. The number of carbonyl (C=O) groups excluding carboxylic acids is 2. The fourth-order valence-corrected chi connectivity index (χ4v) is 4.27. The number of thioether (sulfide) groups is 1. The molecule has 31 heavy (non-hydrogen) atoms. The van der Waals surface area contributed by atoms with Crippen LogP contribution in [0.3, 0.4) is 0 Å². The molecule has 0 aliphatic carbocycles. The predicted molar refractivity (Wildman–Crippen MR) is 120 cm³/mol. The van der Waals surface area contributed by atoms with Gasteiger partial charge in [0.05, 0.1) is 11.5 Å². The van der Waals surface area contributed by atoms with Gasteiger partial charge in [-0.25, -0.2) is 8.78 Å². The summed E-state index contributed by atoms with van der Waals surface area (Å²) in [6, 6.07) is 10.2. The van der Waals surface area contributed by atoms with E-state index in [4.69, 9.17) is 0 Å². The Morgan fingerprint density at radius 1 is 1.06 bits per heavy atom. The summed E-state index contributed by atoms with van der Waals surface area (Å²) in [7, 11) is 0. The first-order chi connectivity index (χ1) is 15.0. The normalized spacial score (nSPS) is 13.9. The number of nitrogens with one attached hydrogen (secondary N) is 2. The van der Waals surface area contributed by atoms with E-state index in [-0.39, 0.29) is 35.0 Å². The lowest BCUT2D eigenvalue weighted by Gasteiger charge is -2.26. The van der Waals surface area contributed by atoms with E-state index in [0.717, 1.165) is 22.0 Å². The molecule has 2 heterocycles. The summed E-state index contributed by atoms with van der Waals surface area (Å²) in [5.74, 6) is -0.539. The quantitative estimate of drug-likeness (QED) is 0.595. The van der Waals surface area contributed by atoms with Crippen molar-refractivity contribution in [3.63, 3.8) is 0 Å². The molecule has 0 saturated heterocycles. The van der Waals surface area contributed by atoms with Crippen molar-refractivity contribution in [3.05, 3.63) is 71.9 Å². The number of aromatic amines is 1. The molecule has 2 N–H and O–H groups in total. The first-order valence-corrected chi connectivity index (χ1v) is 11.0. The molecule has 160 valence electrons. The Bertz CT molecular complexity index is 1140. The monoisotopic (exact) mass is 441 g/mol. The third kappa shape index (κ3) is 5.14. The summed E-state index contributed by atoms with van der Waals surface area (Å²) >= 11 is 1.25. The number of rotatable bonds is 6. The zero-order valence-electron chi connectivity index (χ0n) is 16.7. The molecule has 0 unspecified atom stereocenters. The van der Waals surface area contributed by atoms with Crippen molar-refractivity contribution in [2.45, 2.75) is 6.42 Å². The first-order valence-electron chi connectivity index (χ1n) is 9.86. The molecule has 2 aromatic carbocycles. The first kappa shape index (κ1) is 21.1. The number of aromatic nitrogens is 1. The van der Waals surface area contributed by atoms with E-state index in [1.165, 1.54) is 48.2 Å². The maximum absolute atomic E-state index is 13.4. The molecule has 0 saturated carbocycles. The molecule has 5 nitrogen and oxygen atoms in total. The van der Waals surface area contributed by atoms with Gasteiger partial charge in [0.25, 0.3) is 0 Å². The van der Waals surface area contributed by atoms with E-state index in [1.807, 2.05) is 12.3 Å². The summed E-state index contributed by atoms with van der Waals surface area (Å²) in [6.45, 7) is 1.10. The molecule has 2 amide bonds. The molecule has 1 aromatic heterocycles. The van der Waals surface area contributed by atoms with Crippen LogP contribution in [0.25, 0.3) is 16.5 Å². The average molecular weight is 442 g/mol. The molecule has 0 spiro atoms. The van der Waals surface area contributed by atoms with Gasteiger partial charge < -0.3 is 15.2 Å². The van der Waals surface area contributed by atoms with Gasteiger partial charge in [-0.05, 0) is 54.5 Å². The standard InChI is InChI=1S/C23H21F2N3O2S/c24-16-1-4-18(5-2-16)27-22(29)13-31-14-23(30)28-9-7-15(8-10-28)20-12-26-21-11-17(25)3-6-19(20)21/h1-7,11-12,26H,8-10,13-14H2,(H,27,29). The van der Waals surface area contributed by atoms with Crippen molar-refractivity contribution in [1.29, 1.82) is 0 Å². The smallest absolute Gasteiger partial charge is 0.234 e. The molecule has 0 bridgehead atoms. The van der Waals surface area contributed by atoms with E-state index in [9.17, 15) is 18.4 Å². The van der Waals surface area contributed by atoms with Crippen LogP contribution in [0, 0.1) is 11.6 Å². The van der Waals surface area contributed by atoms with Crippen LogP contribution in [0.15, 0.2) is 54.7 Å². The number of amides is 2. The van der Waals surface area contributed by atoms with Gasteiger partial charge >= 0.3 is 0 Å². The van der Waals surface area contributed by atoms with Gasteiger partial charge in [0.1, 0.15) is 11.6 Å². The highest BCUT2D eigenvalue weighted by atomic mass is 32.2. The fourth-order valence-electron chi connectivity index (χ4n) is 3.56.